The molecule has 0 bridgehead atoms. The van der Waals surface area contributed by atoms with Crippen molar-refractivity contribution >= 4 is 22.7 Å². The number of rotatable bonds is 3. The van der Waals surface area contributed by atoms with Gasteiger partial charge in [0, 0.05) is 41.8 Å². The molecule has 3 heterocycles. The number of aromatic carboxylic acids is 1. The molecule has 25 heavy (non-hydrogen) atoms. The number of nitrogens with zero attached hydrogens (tertiary/aromatic N) is 3. The van der Waals surface area contributed by atoms with E-state index in [0.717, 1.165) is 5.39 Å². The first-order valence-electron chi connectivity index (χ1n) is 7.84. The Bertz CT molecular complexity index is 950. The number of fused-ring (bicyclic) bond motifs is 1. The first kappa shape index (κ1) is 15.5. The van der Waals surface area contributed by atoms with Gasteiger partial charge in [-0.15, -0.1) is 0 Å². The van der Waals surface area contributed by atoms with E-state index in [4.69, 9.17) is 4.74 Å². The average molecular weight is 342 g/mol. The van der Waals surface area contributed by atoms with E-state index in [-0.39, 0.29) is 5.82 Å². The second kappa shape index (κ2) is 6.14. The maximum atomic E-state index is 14.0. The highest BCUT2D eigenvalue weighted by Gasteiger charge is 2.19. The standard InChI is InChI=1S/C17H15FN4O3/c18-10-7-12(11-1-2-19-13(11)8-10)14-9-15(21-16(20-14)17(23)24)22-3-5-25-6-4-22/h1-2,7-9,19H,3-6H2,(H,23,24). The van der Waals surface area contributed by atoms with Crippen molar-refractivity contribution in [2.24, 2.45) is 0 Å². The Morgan fingerprint density at radius 3 is 2.80 bits per heavy atom. The van der Waals surface area contributed by atoms with Crippen LogP contribution in [-0.4, -0.2) is 52.3 Å². The molecule has 2 aromatic heterocycles. The number of aromatic amines is 1. The van der Waals surface area contributed by atoms with Crippen LogP contribution in [0.5, 0.6) is 0 Å². The Labute approximate surface area is 142 Å². The number of carboxylic acids is 1. The van der Waals surface area contributed by atoms with Gasteiger partial charge in [0.15, 0.2) is 0 Å². The third-order valence-electron chi connectivity index (χ3n) is 4.15. The second-order valence-electron chi connectivity index (χ2n) is 5.73. The number of anilines is 1. The number of hydrogen-bond acceptors (Lipinski definition) is 5. The number of nitrogens with one attached hydrogen (secondary N) is 1. The summed E-state index contributed by atoms with van der Waals surface area (Å²) in [5, 5.41) is 10.1. The Kier molecular flexibility index (Phi) is 3.81. The molecular formula is C17H15FN4O3. The van der Waals surface area contributed by atoms with Crippen molar-refractivity contribution in [3.63, 3.8) is 0 Å². The zero-order valence-electron chi connectivity index (χ0n) is 13.2. The minimum atomic E-state index is -1.22. The molecule has 2 N–H and O–H groups in total. The number of ether oxygens (including phenoxy) is 1. The SMILES string of the molecule is O=C(O)c1nc(-c2cc(F)cc3[nH]ccc23)cc(N2CCOCC2)n1. The molecule has 0 atom stereocenters. The summed E-state index contributed by atoms with van der Waals surface area (Å²) in [6.07, 6.45) is 1.70. The van der Waals surface area contributed by atoms with Crippen LogP contribution >= 0.6 is 0 Å². The first-order valence-corrected chi connectivity index (χ1v) is 7.84. The minimum absolute atomic E-state index is 0.313. The molecule has 0 unspecified atom stereocenters. The van der Waals surface area contributed by atoms with Gasteiger partial charge in [-0.3, -0.25) is 0 Å². The van der Waals surface area contributed by atoms with E-state index < -0.39 is 11.8 Å². The number of hydrogen-bond donors (Lipinski definition) is 2. The lowest BCUT2D eigenvalue weighted by molar-refractivity contribution is 0.0683. The lowest BCUT2D eigenvalue weighted by atomic mass is 10.1. The third kappa shape index (κ3) is 2.91. The number of halogens is 1. The highest BCUT2D eigenvalue weighted by atomic mass is 19.1. The number of morpholine rings is 1. The Morgan fingerprint density at radius 2 is 2.04 bits per heavy atom. The second-order valence-corrected chi connectivity index (χ2v) is 5.73. The third-order valence-corrected chi connectivity index (χ3v) is 4.15. The van der Waals surface area contributed by atoms with Crippen LogP contribution in [0.3, 0.4) is 0 Å². The normalized spacial score (nSPS) is 14.8. The van der Waals surface area contributed by atoms with Gasteiger partial charge in [0.1, 0.15) is 11.6 Å². The summed E-state index contributed by atoms with van der Waals surface area (Å²) in [6.45, 7) is 2.31. The predicted octanol–water partition coefficient (Wildman–Crippen LogP) is 2.30. The van der Waals surface area contributed by atoms with Crippen LogP contribution in [0.4, 0.5) is 10.2 Å². The number of aromatic nitrogens is 3. The zero-order chi connectivity index (χ0) is 17.4. The largest absolute Gasteiger partial charge is 0.475 e. The van der Waals surface area contributed by atoms with Crippen molar-refractivity contribution in [3.05, 3.63) is 42.1 Å². The van der Waals surface area contributed by atoms with Crippen LogP contribution in [0, 0.1) is 5.82 Å². The monoisotopic (exact) mass is 342 g/mol. The number of carboxylic acid groups (broad SMARTS) is 1. The van der Waals surface area contributed by atoms with E-state index in [2.05, 4.69) is 15.0 Å². The van der Waals surface area contributed by atoms with E-state index in [9.17, 15) is 14.3 Å². The highest BCUT2D eigenvalue weighted by molar-refractivity contribution is 5.95. The lowest BCUT2D eigenvalue weighted by Gasteiger charge is -2.28. The maximum absolute atomic E-state index is 14.0. The van der Waals surface area contributed by atoms with E-state index in [1.807, 2.05) is 4.90 Å². The van der Waals surface area contributed by atoms with Gasteiger partial charge >= 0.3 is 5.97 Å². The molecule has 3 aromatic rings. The Morgan fingerprint density at radius 1 is 1.24 bits per heavy atom. The van der Waals surface area contributed by atoms with E-state index in [0.29, 0.717) is 48.9 Å². The van der Waals surface area contributed by atoms with Crippen LogP contribution < -0.4 is 4.90 Å². The van der Waals surface area contributed by atoms with E-state index in [1.54, 1.807) is 18.3 Å². The topological polar surface area (TPSA) is 91.3 Å². The minimum Gasteiger partial charge on any atom is -0.475 e. The average Bonchev–Trinajstić information content (AvgIpc) is 3.09. The van der Waals surface area contributed by atoms with Crippen molar-refractivity contribution < 1.29 is 19.0 Å². The molecule has 0 radical (unpaired) electrons. The van der Waals surface area contributed by atoms with Crippen LogP contribution in [0.15, 0.2) is 30.5 Å². The van der Waals surface area contributed by atoms with Gasteiger partial charge in [0.25, 0.3) is 0 Å². The van der Waals surface area contributed by atoms with Gasteiger partial charge in [-0.2, -0.15) is 0 Å². The summed E-state index contributed by atoms with van der Waals surface area (Å²) < 4.78 is 19.3. The number of benzene rings is 1. The van der Waals surface area contributed by atoms with Crippen molar-refractivity contribution in [3.8, 4) is 11.3 Å². The fourth-order valence-corrected chi connectivity index (χ4v) is 2.97. The molecule has 1 fully saturated rings. The molecule has 128 valence electrons. The molecule has 0 saturated carbocycles. The van der Waals surface area contributed by atoms with Crippen LogP contribution in [0.25, 0.3) is 22.2 Å². The molecule has 1 saturated heterocycles. The van der Waals surface area contributed by atoms with Gasteiger partial charge in [0.2, 0.25) is 5.82 Å². The maximum Gasteiger partial charge on any atom is 0.374 e. The van der Waals surface area contributed by atoms with Crippen molar-refractivity contribution in [2.75, 3.05) is 31.2 Å². The summed E-state index contributed by atoms with van der Waals surface area (Å²) in [5.41, 5.74) is 1.52. The van der Waals surface area contributed by atoms with Crippen LogP contribution in [0.1, 0.15) is 10.6 Å². The van der Waals surface area contributed by atoms with Gasteiger partial charge in [-0.05, 0) is 18.2 Å². The summed E-state index contributed by atoms with van der Waals surface area (Å²) in [5.74, 6) is -1.46. The van der Waals surface area contributed by atoms with Gasteiger partial charge in [0.05, 0.1) is 18.9 Å². The number of carbonyl (C=O) groups is 1. The Hall–Kier alpha value is -3.00. The van der Waals surface area contributed by atoms with Gasteiger partial charge in [-0.25, -0.2) is 19.2 Å². The van der Waals surface area contributed by atoms with E-state index in [1.165, 1.54) is 12.1 Å². The molecule has 0 aliphatic carbocycles. The fourth-order valence-electron chi connectivity index (χ4n) is 2.97. The summed E-state index contributed by atoms with van der Waals surface area (Å²) in [4.78, 5) is 24.6. The van der Waals surface area contributed by atoms with Crippen LogP contribution in [-0.2, 0) is 4.74 Å². The number of H-pyrrole nitrogens is 1. The molecule has 1 aliphatic heterocycles. The molecule has 7 nitrogen and oxygen atoms in total. The first-order chi connectivity index (χ1) is 12.1. The van der Waals surface area contributed by atoms with Gasteiger partial charge in [-0.1, -0.05) is 0 Å². The molecule has 0 spiro atoms. The van der Waals surface area contributed by atoms with Crippen molar-refractivity contribution in [2.45, 2.75) is 0 Å². The smallest absolute Gasteiger partial charge is 0.374 e. The van der Waals surface area contributed by atoms with Crippen molar-refractivity contribution in [1.82, 2.24) is 15.0 Å². The summed E-state index contributed by atoms with van der Waals surface area (Å²) >= 11 is 0. The molecule has 0 amide bonds. The van der Waals surface area contributed by atoms with Gasteiger partial charge < -0.3 is 19.7 Å². The molecule has 1 aromatic carbocycles. The fraction of sp³-hybridized carbons (Fsp3) is 0.235. The van der Waals surface area contributed by atoms with E-state index >= 15 is 0 Å². The molecule has 8 heteroatoms. The summed E-state index contributed by atoms with van der Waals surface area (Å²) in [6, 6.07) is 6.24. The molecular weight excluding hydrogens is 327 g/mol. The molecule has 1 aliphatic rings. The van der Waals surface area contributed by atoms with Crippen molar-refractivity contribution in [1.29, 1.82) is 0 Å². The quantitative estimate of drug-likeness (QED) is 0.759. The molecule has 4 rings (SSSR count). The zero-order valence-corrected chi connectivity index (χ0v) is 13.2. The Balaban J connectivity index is 1.89. The lowest BCUT2D eigenvalue weighted by Crippen LogP contribution is -2.37. The van der Waals surface area contributed by atoms with Crippen LogP contribution in [0.2, 0.25) is 0 Å². The highest BCUT2D eigenvalue weighted by Crippen LogP contribution is 2.30. The summed E-state index contributed by atoms with van der Waals surface area (Å²) in [7, 11) is 0. The predicted molar refractivity (Wildman–Crippen MR) is 89.3 cm³/mol.